The minimum atomic E-state index is -0.666. The van der Waals surface area contributed by atoms with E-state index >= 15 is 0 Å². The molecule has 0 saturated carbocycles. The summed E-state index contributed by atoms with van der Waals surface area (Å²) < 4.78 is 10.3. The molecule has 1 N–H and O–H groups in total. The summed E-state index contributed by atoms with van der Waals surface area (Å²) in [5.41, 5.74) is 5.87. The van der Waals surface area contributed by atoms with Crippen LogP contribution >= 0.6 is 0 Å². The molecule has 0 radical (unpaired) electrons. The van der Waals surface area contributed by atoms with E-state index in [2.05, 4.69) is 39.2 Å². The first-order valence-corrected chi connectivity index (χ1v) is 21.3. The number of pyridine rings is 1. The number of esters is 1. The Balaban J connectivity index is 0.000000423. The number of piperidine rings is 1. The number of hydrogen-bond donors (Lipinski definition) is 1. The number of benzene rings is 2. The molecule has 2 saturated heterocycles. The van der Waals surface area contributed by atoms with Crippen LogP contribution in [0.5, 0.6) is 0 Å². The Kier molecular flexibility index (Phi) is 22.5. The van der Waals surface area contributed by atoms with Gasteiger partial charge in [0.25, 0.3) is 0 Å². The number of aromatic nitrogens is 1. The highest BCUT2D eigenvalue weighted by Gasteiger charge is 2.26. The van der Waals surface area contributed by atoms with Crippen molar-refractivity contribution < 1.29 is 28.7 Å². The Morgan fingerprint density at radius 1 is 0.864 bits per heavy atom. The summed E-state index contributed by atoms with van der Waals surface area (Å²) in [6.45, 7) is 26.7. The quantitative estimate of drug-likeness (QED) is 0.143. The third-order valence-electron chi connectivity index (χ3n) is 9.83. The van der Waals surface area contributed by atoms with E-state index < -0.39 is 11.7 Å². The van der Waals surface area contributed by atoms with Crippen LogP contribution in [0.1, 0.15) is 90.6 Å². The monoisotopic (exact) mass is 817 g/mol. The molecule has 12 heteroatoms. The fourth-order valence-corrected chi connectivity index (χ4v) is 6.68. The Labute approximate surface area is 354 Å². The van der Waals surface area contributed by atoms with Gasteiger partial charge in [0.15, 0.2) is 0 Å². The van der Waals surface area contributed by atoms with Crippen molar-refractivity contribution in [1.29, 1.82) is 0 Å². The van der Waals surface area contributed by atoms with Crippen molar-refractivity contribution in [3.05, 3.63) is 83.2 Å². The van der Waals surface area contributed by atoms with Gasteiger partial charge in [-0.05, 0) is 95.6 Å². The third-order valence-corrected chi connectivity index (χ3v) is 9.83. The number of methoxy groups -OCH3 is 1. The Bertz CT molecular complexity index is 1730. The zero-order valence-corrected chi connectivity index (χ0v) is 37.8. The number of likely N-dealkylation sites (tertiary alicyclic amines) is 1. The second-order valence-electron chi connectivity index (χ2n) is 15.5. The molecule has 0 aliphatic carbocycles. The number of hydrogen-bond acceptors (Lipinski definition) is 9. The van der Waals surface area contributed by atoms with E-state index in [1.807, 2.05) is 116 Å². The van der Waals surface area contributed by atoms with Gasteiger partial charge in [-0.3, -0.25) is 34.1 Å². The second kappa shape index (κ2) is 26.3. The van der Waals surface area contributed by atoms with Gasteiger partial charge in [-0.1, -0.05) is 88.7 Å². The number of aryl methyl sites for hydroxylation is 3. The molecule has 3 aromatic rings. The Morgan fingerprint density at radius 2 is 1.51 bits per heavy atom. The second-order valence-corrected chi connectivity index (χ2v) is 15.5. The molecule has 3 amide bonds. The van der Waals surface area contributed by atoms with Gasteiger partial charge in [0, 0.05) is 51.0 Å². The topological polar surface area (TPSA) is 125 Å². The van der Waals surface area contributed by atoms with Crippen molar-refractivity contribution in [3.63, 3.8) is 0 Å². The molecule has 12 nitrogen and oxygen atoms in total. The molecule has 0 spiro atoms. The van der Waals surface area contributed by atoms with Crippen LogP contribution in [-0.2, 0) is 36.8 Å². The van der Waals surface area contributed by atoms with Gasteiger partial charge in [-0.15, -0.1) is 0 Å². The highest BCUT2D eigenvalue weighted by atomic mass is 16.6. The number of nitrogens with one attached hydrogen (secondary N) is 1. The maximum Gasteiger partial charge on any atom is 0.411 e. The van der Waals surface area contributed by atoms with Crippen LogP contribution < -0.4 is 5.32 Å². The van der Waals surface area contributed by atoms with Crippen LogP contribution in [0.2, 0.25) is 0 Å². The van der Waals surface area contributed by atoms with Crippen LogP contribution in [0.3, 0.4) is 0 Å². The van der Waals surface area contributed by atoms with Crippen molar-refractivity contribution in [1.82, 2.24) is 24.6 Å². The van der Waals surface area contributed by atoms with Crippen molar-refractivity contribution in [2.75, 3.05) is 71.3 Å². The summed E-state index contributed by atoms with van der Waals surface area (Å²) in [4.78, 5) is 60.3. The lowest BCUT2D eigenvalue weighted by Crippen LogP contribution is -2.48. The summed E-state index contributed by atoms with van der Waals surface area (Å²) in [5.74, 6) is 0.257. The average molecular weight is 817 g/mol. The smallest absolute Gasteiger partial charge is 0.411 e. The van der Waals surface area contributed by atoms with Gasteiger partial charge in [0.05, 0.1) is 25.0 Å². The standard InChI is InChI=1S/C29H35N3O3.C14H25N3O3.2C2H6/c1-7-22-11-9-13-24(15-22)25-16-26(21(3)30-17-25)31-27(33)19-32(28(34)35-29(4,5)6)18-23-12-8-10-20(2)14-23;1-20-14(19)11-15-4-2-13(3-5-15)10-16-6-8-17(12-18)9-7-16;2*1-2/h8-17H,7,18-19H2,1-6H3,(H,31,33);12-13H,2-11H2,1H3;2*1-2H3. The molecular weight excluding hydrogens is 745 g/mol. The van der Waals surface area contributed by atoms with E-state index in [0.29, 0.717) is 23.8 Å². The van der Waals surface area contributed by atoms with Crippen LogP contribution in [0.15, 0.2) is 60.8 Å². The maximum atomic E-state index is 13.1. The molecule has 1 aromatic heterocycles. The summed E-state index contributed by atoms with van der Waals surface area (Å²) in [7, 11) is 1.44. The summed E-state index contributed by atoms with van der Waals surface area (Å²) in [6.07, 6.45) is 5.45. The fourth-order valence-electron chi connectivity index (χ4n) is 6.68. The zero-order chi connectivity index (χ0) is 44.0. The van der Waals surface area contributed by atoms with E-state index in [1.165, 1.54) is 17.6 Å². The minimum Gasteiger partial charge on any atom is -0.468 e. The lowest BCUT2D eigenvalue weighted by atomic mass is 9.96. The molecular formula is C47H72N6O6. The van der Waals surface area contributed by atoms with Crippen molar-refractivity contribution in [2.24, 2.45) is 5.92 Å². The number of nitrogens with zero attached hydrogens (tertiary/aromatic N) is 5. The molecule has 2 aliphatic rings. The Hall–Kier alpha value is -4.81. The normalized spacial score (nSPS) is 14.5. The van der Waals surface area contributed by atoms with Crippen molar-refractivity contribution in [3.8, 4) is 11.1 Å². The van der Waals surface area contributed by atoms with E-state index in [9.17, 15) is 19.2 Å². The maximum absolute atomic E-state index is 13.1. The number of anilines is 1. The molecule has 0 unspecified atom stereocenters. The summed E-state index contributed by atoms with van der Waals surface area (Å²) >= 11 is 0. The SMILES string of the molecule is CC.CC.CCc1cccc(-c2cnc(C)c(NC(=O)CN(Cc3cccc(C)c3)C(=O)OC(C)(C)C)c2)c1.COC(=O)CN1CCC(CN2CCN(C=O)CC2)CC1. The predicted octanol–water partition coefficient (Wildman–Crippen LogP) is 8.00. The zero-order valence-electron chi connectivity index (χ0n) is 37.8. The highest BCUT2D eigenvalue weighted by molar-refractivity contribution is 5.95. The summed E-state index contributed by atoms with van der Waals surface area (Å²) in [5, 5.41) is 2.94. The van der Waals surface area contributed by atoms with E-state index in [0.717, 1.165) is 93.7 Å². The number of rotatable bonds is 12. The molecule has 0 bridgehead atoms. The van der Waals surface area contributed by atoms with Crippen LogP contribution in [0, 0.1) is 19.8 Å². The van der Waals surface area contributed by atoms with Gasteiger partial charge >= 0.3 is 12.1 Å². The molecule has 2 aliphatic heterocycles. The van der Waals surface area contributed by atoms with Gasteiger partial charge in [0.2, 0.25) is 12.3 Å². The molecule has 326 valence electrons. The molecule has 2 aromatic carbocycles. The van der Waals surface area contributed by atoms with Gasteiger partial charge < -0.3 is 19.7 Å². The fraction of sp³-hybridized carbons (Fsp3) is 0.553. The van der Waals surface area contributed by atoms with Gasteiger partial charge in [-0.2, -0.15) is 0 Å². The van der Waals surface area contributed by atoms with Crippen LogP contribution in [0.25, 0.3) is 11.1 Å². The van der Waals surface area contributed by atoms with E-state index in [-0.39, 0.29) is 25.0 Å². The molecule has 0 atom stereocenters. The lowest BCUT2D eigenvalue weighted by molar-refractivity contribution is -0.142. The number of carbonyl (C=O) groups excluding carboxylic acids is 4. The van der Waals surface area contributed by atoms with Crippen molar-refractivity contribution in [2.45, 2.75) is 101 Å². The first kappa shape index (κ1) is 50.3. The lowest BCUT2D eigenvalue weighted by Gasteiger charge is -2.37. The van der Waals surface area contributed by atoms with E-state index in [1.54, 1.807) is 0 Å². The summed E-state index contributed by atoms with van der Waals surface area (Å²) in [6, 6.07) is 18.1. The number of carbonyl (C=O) groups is 4. The van der Waals surface area contributed by atoms with E-state index in [4.69, 9.17) is 9.47 Å². The van der Waals surface area contributed by atoms with Crippen LogP contribution in [-0.4, -0.2) is 121 Å². The van der Waals surface area contributed by atoms with Crippen molar-refractivity contribution >= 4 is 30.1 Å². The number of amides is 3. The van der Waals surface area contributed by atoms with Gasteiger partial charge in [0.1, 0.15) is 12.1 Å². The third kappa shape index (κ3) is 18.3. The molecule has 5 rings (SSSR count). The highest BCUT2D eigenvalue weighted by Crippen LogP contribution is 2.25. The van der Waals surface area contributed by atoms with Gasteiger partial charge in [-0.25, -0.2) is 4.79 Å². The minimum absolute atomic E-state index is 0.141. The Morgan fingerprint density at radius 3 is 2.10 bits per heavy atom. The molecule has 59 heavy (non-hydrogen) atoms. The molecule has 3 heterocycles. The predicted molar refractivity (Wildman–Crippen MR) is 238 cm³/mol. The average Bonchev–Trinajstić information content (AvgIpc) is 3.23. The molecule has 2 fully saturated rings. The van der Waals surface area contributed by atoms with Crippen LogP contribution in [0.4, 0.5) is 10.5 Å². The number of piperazine rings is 1. The first-order valence-electron chi connectivity index (χ1n) is 21.3. The first-order chi connectivity index (χ1) is 28.2. The number of ether oxygens (including phenoxy) is 2. The largest absolute Gasteiger partial charge is 0.468 e.